The fourth-order valence-corrected chi connectivity index (χ4v) is 2.95. The SMILES string of the molecule is O=C(Nc1ccc(F)cc1F)C(=Cc1cccc([N+](=O)[O-])c1)NC(=O)c1ccc(F)cc1Cl. The number of nitro groups is 1. The highest BCUT2D eigenvalue weighted by Crippen LogP contribution is 2.20. The van der Waals surface area contributed by atoms with E-state index in [0.29, 0.717) is 6.07 Å². The smallest absolute Gasteiger partial charge is 0.272 e. The van der Waals surface area contributed by atoms with Crippen LogP contribution in [0.1, 0.15) is 15.9 Å². The zero-order chi connectivity index (χ0) is 24.1. The van der Waals surface area contributed by atoms with Crippen molar-refractivity contribution in [2.75, 3.05) is 5.32 Å². The van der Waals surface area contributed by atoms with Gasteiger partial charge in [0.2, 0.25) is 0 Å². The van der Waals surface area contributed by atoms with E-state index in [-0.39, 0.29) is 27.5 Å². The van der Waals surface area contributed by atoms with Crippen LogP contribution in [0.3, 0.4) is 0 Å². The van der Waals surface area contributed by atoms with E-state index in [1.807, 2.05) is 0 Å². The van der Waals surface area contributed by atoms with Crippen molar-refractivity contribution in [3.8, 4) is 0 Å². The summed E-state index contributed by atoms with van der Waals surface area (Å²) in [5, 5.41) is 15.3. The maximum Gasteiger partial charge on any atom is 0.272 e. The Labute approximate surface area is 189 Å². The molecular formula is C22H13ClF3N3O4. The van der Waals surface area contributed by atoms with Crippen molar-refractivity contribution in [3.63, 3.8) is 0 Å². The number of anilines is 1. The molecule has 0 aromatic heterocycles. The van der Waals surface area contributed by atoms with Gasteiger partial charge in [0.15, 0.2) is 0 Å². The van der Waals surface area contributed by atoms with Crippen molar-refractivity contribution in [1.29, 1.82) is 0 Å². The molecule has 0 aliphatic heterocycles. The topological polar surface area (TPSA) is 101 Å². The number of benzene rings is 3. The Morgan fingerprint density at radius 3 is 2.33 bits per heavy atom. The Morgan fingerprint density at radius 2 is 1.67 bits per heavy atom. The molecule has 0 heterocycles. The van der Waals surface area contributed by atoms with Gasteiger partial charge in [0, 0.05) is 18.2 Å². The van der Waals surface area contributed by atoms with E-state index in [1.165, 1.54) is 18.2 Å². The van der Waals surface area contributed by atoms with Crippen LogP contribution in [0.4, 0.5) is 24.5 Å². The molecule has 7 nitrogen and oxygen atoms in total. The van der Waals surface area contributed by atoms with Crippen LogP contribution in [-0.2, 0) is 4.79 Å². The Morgan fingerprint density at radius 1 is 0.970 bits per heavy atom. The fourth-order valence-electron chi connectivity index (χ4n) is 2.70. The molecule has 0 atom stereocenters. The van der Waals surface area contributed by atoms with Gasteiger partial charge < -0.3 is 10.6 Å². The van der Waals surface area contributed by atoms with Crippen LogP contribution in [0.5, 0.6) is 0 Å². The molecule has 168 valence electrons. The minimum atomic E-state index is -1.06. The number of rotatable bonds is 6. The molecule has 0 aliphatic rings. The van der Waals surface area contributed by atoms with Crippen molar-refractivity contribution >= 4 is 40.9 Å². The lowest BCUT2D eigenvalue weighted by Crippen LogP contribution is -2.31. The van der Waals surface area contributed by atoms with Gasteiger partial charge in [-0.25, -0.2) is 13.2 Å². The second kappa shape index (κ2) is 9.96. The van der Waals surface area contributed by atoms with Crippen LogP contribution in [0.15, 0.2) is 66.4 Å². The van der Waals surface area contributed by atoms with Gasteiger partial charge in [-0.2, -0.15) is 0 Å². The van der Waals surface area contributed by atoms with Gasteiger partial charge in [0.25, 0.3) is 17.5 Å². The first-order valence-electron chi connectivity index (χ1n) is 9.13. The third-order valence-electron chi connectivity index (χ3n) is 4.24. The van der Waals surface area contributed by atoms with Crippen LogP contribution < -0.4 is 10.6 Å². The van der Waals surface area contributed by atoms with E-state index >= 15 is 0 Å². The molecule has 3 aromatic carbocycles. The first-order valence-corrected chi connectivity index (χ1v) is 9.51. The number of non-ortho nitro benzene ring substituents is 1. The van der Waals surface area contributed by atoms with Crippen LogP contribution in [0.2, 0.25) is 5.02 Å². The summed E-state index contributed by atoms with van der Waals surface area (Å²) in [6, 6.07) is 10.6. The Bertz CT molecular complexity index is 1300. The van der Waals surface area contributed by atoms with E-state index in [2.05, 4.69) is 10.6 Å². The van der Waals surface area contributed by atoms with Crippen LogP contribution in [-0.4, -0.2) is 16.7 Å². The minimum Gasteiger partial charge on any atom is -0.318 e. The summed E-state index contributed by atoms with van der Waals surface area (Å²) in [7, 11) is 0. The van der Waals surface area contributed by atoms with Gasteiger partial charge in [0.05, 0.1) is 21.2 Å². The maximum atomic E-state index is 14.0. The molecule has 11 heteroatoms. The fraction of sp³-hybridized carbons (Fsp3) is 0. The Balaban J connectivity index is 1.98. The number of hydrogen-bond donors (Lipinski definition) is 2. The number of nitrogens with one attached hydrogen (secondary N) is 2. The zero-order valence-corrected chi connectivity index (χ0v) is 17.2. The first-order chi connectivity index (χ1) is 15.6. The normalized spacial score (nSPS) is 11.1. The number of amides is 2. The highest BCUT2D eigenvalue weighted by molar-refractivity contribution is 6.34. The number of hydrogen-bond acceptors (Lipinski definition) is 4. The number of carbonyl (C=O) groups excluding carboxylic acids is 2. The highest BCUT2D eigenvalue weighted by Gasteiger charge is 2.19. The molecule has 0 saturated carbocycles. The third kappa shape index (κ3) is 5.95. The molecule has 0 aliphatic carbocycles. The quantitative estimate of drug-likeness (QED) is 0.295. The molecular weight excluding hydrogens is 463 g/mol. The third-order valence-corrected chi connectivity index (χ3v) is 4.55. The molecule has 0 fully saturated rings. The predicted molar refractivity (Wildman–Crippen MR) is 115 cm³/mol. The highest BCUT2D eigenvalue weighted by atomic mass is 35.5. The molecule has 0 spiro atoms. The van der Waals surface area contributed by atoms with Gasteiger partial charge in [-0.1, -0.05) is 23.7 Å². The number of nitro benzene ring substituents is 1. The summed E-state index contributed by atoms with van der Waals surface area (Å²) in [6.45, 7) is 0. The number of carbonyl (C=O) groups is 2. The van der Waals surface area contributed by atoms with Crippen molar-refractivity contribution in [2.24, 2.45) is 0 Å². The van der Waals surface area contributed by atoms with Gasteiger partial charge >= 0.3 is 0 Å². The Hall–Kier alpha value is -4.18. The molecule has 0 unspecified atom stereocenters. The van der Waals surface area contributed by atoms with Crippen molar-refractivity contribution in [3.05, 3.63) is 110 Å². The first kappa shape index (κ1) is 23.5. The molecule has 3 aromatic rings. The summed E-state index contributed by atoms with van der Waals surface area (Å²) in [4.78, 5) is 35.8. The maximum absolute atomic E-state index is 14.0. The minimum absolute atomic E-state index is 0.163. The van der Waals surface area contributed by atoms with Crippen molar-refractivity contribution in [2.45, 2.75) is 0 Å². The van der Waals surface area contributed by atoms with Gasteiger partial charge in [-0.15, -0.1) is 0 Å². The standard InChI is InChI=1S/C22H13ClF3N3O4/c23-17-10-13(24)4-6-16(17)21(30)28-20(9-12-2-1-3-15(8-12)29(32)33)22(31)27-19-7-5-14(25)11-18(19)26/h1-11H,(H,27,31)(H,28,30). The predicted octanol–water partition coefficient (Wildman–Crippen LogP) is 5.08. The number of nitrogens with zero attached hydrogens (tertiary/aromatic N) is 1. The second-order valence-corrected chi connectivity index (χ2v) is 6.97. The largest absolute Gasteiger partial charge is 0.318 e. The summed E-state index contributed by atoms with van der Waals surface area (Å²) in [6.07, 6.45) is 1.11. The summed E-state index contributed by atoms with van der Waals surface area (Å²) in [5.41, 5.74) is -1.09. The lowest BCUT2D eigenvalue weighted by Gasteiger charge is -2.12. The molecule has 0 bridgehead atoms. The lowest BCUT2D eigenvalue weighted by atomic mass is 10.1. The van der Waals surface area contributed by atoms with E-state index < -0.39 is 39.9 Å². The molecule has 0 radical (unpaired) electrons. The Kier molecular flexibility index (Phi) is 7.09. The van der Waals surface area contributed by atoms with Gasteiger partial charge in [0.1, 0.15) is 23.1 Å². The molecule has 2 amide bonds. The van der Waals surface area contributed by atoms with E-state index in [9.17, 15) is 32.9 Å². The zero-order valence-electron chi connectivity index (χ0n) is 16.4. The van der Waals surface area contributed by atoms with Gasteiger partial charge in [-0.3, -0.25) is 19.7 Å². The van der Waals surface area contributed by atoms with E-state index in [4.69, 9.17) is 11.6 Å². The van der Waals surface area contributed by atoms with Crippen molar-refractivity contribution in [1.82, 2.24) is 5.32 Å². The molecule has 33 heavy (non-hydrogen) atoms. The van der Waals surface area contributed by atoms with Crippen LogP contribution >= 0.6 is 11.6 Å². The second-order valence-electron chi connectivity index (χ2n) is 6.57. The van der Waals surface area contributed by atoms with Crippen LogP contribution in [0, 0.1) is 27.6 Å². The molecule has 2 N–H and O–H groups in total. The summed E-state index contributed by atoms with van der Waals surface area (Å²) >= 11 is 5.89. The lowest BCUT2D eigenvalue weighted by molar-refractivity contribution is -0.384. The van der Waals surface area contributed by atoms with Crippen molar-refractivity contribution < 1.29 is 27.7 Å². The van der Waals surface area contributed by atoms with Gasteiger partial charge in [-0.05, 0) is 42.0 Å². The molecule has 3 rings (SSSR count). The van der Waals surface area contributed by atoms with Crippen LogP contribution in [0.25, 0.3) is 6.08 Å². The van der Waals surface area contributed by atoms with E-state index in [0.717, 1.165) is 42.5 Å². The van der Waals surface area contributed by atoms with E-state index in [1.54, 1.807) is 0 Å². The molecule has 0 saturated heterocycles. The summed E-state index contributed by atoms with van der Waals surface area (Å²) in [5.74, 6) is -4.53. The average molecular weight is 476 g/mol. The number of halogens is 4. The monoisotopic (exact) mass is 475 g/mol. The summed E-state index contributed by atoms with van der Waals surface area (Å²) < 4.78 is 40.4. The average Bonchev–Trinajstić information content (AvgIpc) is 2.75.